The third-order valence-electron chi connectivity index (χ3n) is 7.72. The maximum Gasteiger partial charge on any atom is 0.226 e. The lowest BCUT2D eigenvalue weighted by molar-refractivity contribution is -0.116. The summed E-state index contributed by atoms with van der Waals surface area (Å²) in [6.45, 7) is 4.68. The number of fused-ring (bicyclic) bond motifs is 1. The van der Waals surface area contributed by atoms with Gasteiger partial charge in [-0.2, -0.15) is 0 Å². The van der Waals surface area contributed by atoms with Crippen molar-refractivity contribution in [3.05, 3.63) is 125 Å². The van der Waals surface area contributed by atoms with Gasteiger partial charge in [0.05, 0.1) is 17.8 Å². The van der Waals surface area contributed by atoms with Crippen LogP contribution in [-0.4, -0.2) is 32.0 Å². The summed E-state index contributed by atoms with van der Waals surface area (Å²) >= 11 is 12.0. The topological polar surface area (TPSA) is 62.2 Å². The summed E-state index contributed by atoms with van der Waals surface area (Å²) in [5.74, 6) is -0.0594. The van der Waals surface area contributed by atoms with Gasteiger partial charge in [-0.25, -0.2) is 0 Å². The number of anilines is 1. The predicted octanol–water partition coefficient (Wildman–Crippen LogP) is 7.30. The molecule has 1 aliphatic rings. The van der Waals surface area contributed by atoms with E-state index in [0.29, 0.717) is 16.7 Å². The first-order chi connectivity index (χ1) is 19.9. The molecule has 2 aromatic heterocycles. The minimum atomic E-state index is -0.163. The second kappa shape index (κ2) is 11.4. The molecule has 0 aliphatic carbocycles. The summed E-state index contributed by atoms with van der Waals surface area (Å²) in [6.07, 6.45) is 2.08. The van der Waals surface area contributed by atoms with E-state index < -0.39 is 0 Å². The Bertz CT molecular complexity index is 1730. The van der Waals surface area contributed by atoms with Crippen LogP contribution in [0.15, 0.2) is 97.2 Å². The molecule has 8 heteroatoms. The molecule has 0 unspecified atom stereocenters. The minimum absolute atomic E-state index is 0.0594. The number of amides is 1. The number of halogens is 1. The molecule has 1 aliphatic heterocycles. The third-order valence-corrected chi connectivity index (χ3v) is 8.32. The molecule has 6 nitrogen and oxygen atoms in total. The van der Waals surface area contributed by atoms with Gasteiger partial charge in [0.25, 0.3) is 0 Å². The molecule has 3 aromatic carbocycles. The normalized spacial score (nSPS) is 16.7. The lowest BCUT2D eigenvalue weighted by Gasteiger charge is -2.28. The van der Waals surface area contributed by atoms with E-state index >= 15 is 0 Å². The molecule has 1 fully saturated rings. The van der Waals surface area contributed by atoms with Gasteiger partial charge in [-0.15, -0.1) is 0 Å². The van der Waals surface area contributed by atoms with Crippen LogP contribution in [0, 0.1) is 13.8 Å². The molecule has 0 radical (unpaired) electrons. The number of thiocarbonyl (C=S) groups is 1. The Balaban J connectivity index is 1.31. The highest BCUT2D eigenvalue weighted by Crippen LogP contribution is 2.41. The van der Waals surface area contributed by atoms with Crippen molar-refractivity contribution in [1.29, 1.82) is 0 Å². The maximum atomic E-state index is 13.2. The number of nitrogens with zero attached hydrogens (tertiary/aromatic N) is 3. The van der Waals surface area contributed by atoms with Gasteiger partial charge in [-0.05, 0) is 85.5 Å². The van der Waals surface area contributed by atoms with Crippen LogP contribution in [0.25, 0.3) is 16.5 Å². The van der Waals surface area contributed by atoms with E-state index in [4.69, 9.17) is 23.8 Å². The highest BCUT2D eigenvalue weighted by molar-refractivity contribution is 7.80. The van der Waals surface area contributed by atoms with Crippen LogP contribution in [0.1, 0.15) is 41.1 Å². The highest BCUT2D eigenvalue weighted by atomic mass is 35.5. The molecule has 206 valence electrons. The SMILES string of the molecule is Cc1cc([C@H]2[C@@H](c3ccccn3)NC(=S)N2CCC(=O)Nc2cccc3ccccc23)c(C)n1-c1ccc(Cl)cc1. The summed E-state index contributed by atoms with van der Waals surface area (Å²) in [5.41, 5.74) is 6.09. The van der Waals surface area contributed by atoms with E-state index in [0.717, 1.165) is 44.8 Å². The molecule has 1 saturated heterocycles. The van der Waals surface area contributed by atoms with E-state index in [2.05, 4.69) is 45.0 Å². The fourth-order valence-corrected chi connectivity index (χ4v) is 6.29. The number of hydrogen-bond acceptors (Lipinski definition) is 3. The molecule has 2 atom stereocenters. The van der Waals surface area contributed by atoms with Crippen molar-refractivity contribution >= 4 is 51.3 Å². The van der Waals surface area contributed by atoms with Gasteiger partial charge in [0, 0.05) is 52.3 Å². The molecule has 0 spiro atoms. The maximum absolute atomic E-state index is 13.2. The van der Waals surface area contributed by atoms with Crippen molar-refractivity contribution in [2.45, 2.75) is 32.4 Å². The molecule has 6 rings (SSSR count). The van der Waals surface area contributed by atoms with E-state index in [9.17, 15) is 4.79 Å². The van der Waals surface area contributed by atoms with Crippen LogP contribution in [0.2, 0.25) is 5.02 Å². The van der Waals surface area contributed by atoms with Crippen LogP contribution in [0.4, 0.5) is 5.69 Å². The molecular weight excluding hydrogens is 550 g/mol. The number of benzene rings is 3. The van der Waals surface area contributed by atoms with Gasteiger partial charge in [0.2, 0.25) is 5.91 Å². The quantitative estimate of drug-likeness (QED) is 0.198. The smallest absolute Gasteiger partial charge is 0.226 e. The van der Waals surface area contributed by atoms with Crippen molar-refractivity contribution in [3.8, 4) is 5.69 Å². The summed E-state index contributed by atoms with van der Waals surface area (Å²) in [6, 6.07) is 29.7. The van der Waals surface area contributed by atoms with E-state index in [1.165, 1.54) is 0 Å². The number of carbonyl (C=O) groups is 1. The first-order valence-corrected chi connectivity index (χ1v) is 14.4. The Morgan fingerprint density at radius 1 is 1.00 bits per heavy atom. The molecule has 1 amide bonds. The summed E-state index contributed by atoms with van der Waals surface area (Å²) in [7, 11) is 0. The molecule has 0 bridgehead atoms. The van der Waals surface area contributed by atoms with Gasteiger partial charge in [-0.1, -0.05) is 54.1 Å². The number of rotatable bonds is 7. The Kier molecular flexibility index (Phi) is 7.47. The number of aromatic nitrogens is 2. The lowest BCUT2D eigenvalue weighted by atomic mass is 9.96. The Labute approximate surface area is 250 Å². The molecule has 2 N–H and O–H groups in total. The molecular formula is C33H30ClN5OS. The molecule has 5 aromatic rings. The Morgan fingerprint density at radius 2 is 1.76 bits per heavy atom. The zero-order valence-electron chi connectivity index (χ0n) is 22.8. The van der Waals surface area contributed by atoms with Crippen LogP contribution < -0.4 is 10.6 Å². The van der Waals surface area contributed by atoms with Crippen molar-refractivity contribution < 1.29 is 4.79 Å². The second-order valence-electron chi connectivity index (χ2n) is 10.3. The zero-order chi connectivity index (χ0) is 28.5. The molecule has 41 heavy (non-hydrogen) atoms. The minimum Gasteiger partial charge on any atom is -0.352 e. The number of nitrogens with one attached hydrogen (secondary N) is 2. The number of hydrogen-bond donors (Lipinski definition) is 2. The van der Waals surface area contributed by atoms with Gasteiger partial charge < -0.3 is 20.1 Å². The standard InChI is InChI=1S/C33H30ClN5OS/c1-21-20-27(22(2)39(21)25-15-13-24(34)14-16-25)32-31(29-11-5-6-18-35-29)37-33(41)38(32)19-17-30(40)36-28-12-7-9-23-8-3-4-10-26(23)28/h3-16,18,20,31-32H,17,19H2,1-2H3,(H,36,40)(H,37,41)/t31-,32+/m1/s1. The molecule has 3 heterocycles. The van der Waals surface area contributed by atoms with Crippen molar-refractivity contribution in [2.24, 2.45) is 0 Å². The fraction of sp³-hybridized carbons (Fsp3) is 0.182. The van der Waals surface area contributed by atoms with Crippen molar-refractivity contribution in [3.63, 3.8) is 0 Å². The first-order valence-electron chi connectivity index (χ1n) is 13.6. The summed E-state index contributed by atoms with van der Waals surface area (Å²) in [4.78, 5) is 20.0. The summed E-state index contributed by atoms with van der Waals surface area (Å²) in [5, 5.41) is 10.0. The first kappa shape index (κ1) is 27.0. The van der Waals surface area contributed by atoms with Crippen LogP contribution in [0.5, 0.6) is 0 Å². The lowest BCUT2D eigenvalue weighted by Crippen LogP contribution is -2.33. The van der Waals surface area contributed by atoms with Crippen LogP contribution in [-0.2, 0) is 4.79 Å². The predicted molar refractivity (Wildman–Crippen MR) is 170 cm³/mol. The van der Waals surface area contributed by atoms with E-state index in [1.54, 1.807) is 6.20 Å². The molecule has 0 saturated carbocycles. The average Bonchev–Trinajstić information content (AvgIpc) is 3.47. The van der Waals surface area contributed by atoms with Gasteiger partial charge in [0.15, 0.2) is 5.11 Å². The van der Waals surface area contributed by atoms with Crippen LogP contribution in [0.3, 0.4) is 0 Å². The van der Waals surface area contributed by atoms with Gasteiger partial charge in [0.1, 0.15) is 0 Å². The van der Waals surface area contributed by atoms with Crippen molar-refractivity contribution in [1.82, 2.24) is 19.8 Å². The average molecular weight is 580 g/mol. The van der Waals surface area contributed by atoms with Gasteiger partial charge in [-0.3, -0.25) is 9.78 Å². The Morgan fingerprint density at radius 3 is 2.54 bits per heavy atom. The Hall–Kier alpha value is -4.20. The second-order valence-corrected chi connectivity index (χ2v) is 11.1. The van der Waals surface area contributed by atoms with Gasteiger partial charge >= 0.3 is 0 Å². The van der Waals surface area contributed by atoms with Crippen molar-refractivity contribution in [2.75, 3.05) is 11.9 Å². The summed E-state index contributed by atoms with van der Waals surface area (Å²) < 4.78 is 2.23. The number of carbonyl (C=O) groups excluding carboxylic acids is 1. The number of aryl methyl sites for hydroxylation is 1. The number of pyridine rings is 1. The fourth-order valence-electron chi connectivity index (χ4n) is 5.83. The van der Waals surface area contributed by atoms with E-state index in [-0.39, 0.29) is 24.4 Å². The van der Waals surface area contributed by atoms with E-state index in [1.807, 2.05) is 84.9 Å². The highest BCUT2D eigenvalue weighted by Gasteiger charge is 2.41. The van der Waals surface area contributed by atoms with Crippen LogP contribution >= 0.6 is 23.8 Å². The zero-order valence-corrected chi connectivity index (χ0v) is 24.4. The monoisotopic (exact) mass is 579 g/mol. The third kappa shape index (κ3) is 5.31. The largest absolute Gasteiger partial charge is 0.352 e.